The standard InChI is InChI=1S/C15H21NO3/c1-15(2,18-4)10-16-9-12-8-11-6-5-7-13(17-3)14(11)19-12/h5-8,16H,9-10H2,1-4H3. The van der Waals surface area contributed by atoms with E-state index in [0.29, 0.717) is 6.54 Å². The van der Waals surface area contributed by atoms with E-state index >= 15 is 0 Å². The first-order valence-electron chi connectivity index (χ1n) is 6.37. The second kappa shape index (κ2) is 5.63. The number of fused-ring (bicyclic) bond motifs is 1. The van der Waals surface area contributed by atoms with Gasteiger partial charge in [-0.15, -0.1) is 0 Å². The second-order valence-corrected chi connectivity index (χ2v) is 5.16. The highest BCUT2D eigenvalue weighted by molar-refractivity contribution is 5.83. The molecule has 1 aromatic heterocycles. The van der Waals surface area contributed by atoms with Crippen LogP contribution in [-0.4, -0.2) is 26.4 Å². The first kappa shape index (κ1) is 13.9. The molecule has 0 unspecified atom stereocenters. The van der Waals surface area contributed by atoms with Gasteiger partial charge in [-0.05, 0) is 26.0 Å². The van der Waals surface area contributed by atoms with Gasteiger partial charge in [0.05, 0.1) is 19.3 Å². The molecule has 0 aliphatic carbocycles. The zero-order valence-electron chi connectivity index (χ0n) is 11.9. The predicted octanol–water partition coefficient (Wildman–Crippen LogP) is 2.96. The number of hydrogen-bond acceptors (Lipinski definition) is 4. The summed E-state index contributed by atoms with van der Waals surface area (Å²) in [4.78, 5) is 0. The lowest BCUT2D eigenvalue weighted by Gasteiger charge is -2.22. The Labute approximate surface area is 113 Å². The molecule has 0 radical (unpaired) electrons. The third-order valence-electron chi connectivity index (χ3n) is 3.18. The van der Waals surface area contributed by atoms with Gasteiger partial charge in [-0.2, -0.15) is 0 Å². The van der Waals surface area contributed by atoms with Crippen molar-refractivity contribution in [3.05, 3.63) is 30.0 Å². The topological polar surface area (TPSA) is 43.6 Å². The van der Waals surface area contributed by atoms with E-state index in [4.69, 9.17) is 13.9 Å². The Morgan fingerprint density at radius 1 is 1.26 bits per heavy atom. The summed E-state index contributed by atoms with van der Waals surface area (Å²) in [5.41, 5.74) is 0.622. The Hall–Kier alpha value is -1.52. The minimum absolute atomic E-state index is 0.177. The van der Waals surface area contributed by atoms with Crippen molar-refractivity contribution in [3.8, 4) is 5.75 Å². The van der Waals surface area contributed by atoms with Gasteiger partial charge in [-0.1, -0.05) is 12.1 Å². The molecule has 0 atom stereocenters. The summed E-state index contributed by atoms with van der Waals surface area (Å²) < 4.78 is 16.5. The maximum absolute atomic E-state index is 5.81. The van der Waals surface area contributed by atoms with Gasteiger partial charge in [-0.25, -0.2) is 0 Å². The smallest absolute Gasteiger partial charge is 0.176 e. The number of ether oxygens (including phenoxy) is 2. The normalized spacial score (nSPS) is 12.0. The number of rotatable bonds is 6. The number of nitrogens with one attached hydrogen (secondary N) is 1. The quantitative estimate of drug-likeness (QED) is 0.870. The highest BCUT2D eigenvalue weighted by atomic mass is 16.5. The van der Waals surface area contributed by atoms with Gasteiger partial charge in [0, 0.05) is 19.0 Å². The van der Waals surface area contributed by atoms with E-state index in [1.54, 1.807) is 14.2 Å². The molecule has 0 saturated carbocycles. The van der Waals surface area contributed by atoms with Crippen molar-refractivity contribution in [1.82, 2.24) is 5.32 Å². The zero-order chi connectivity index (χ0) is 13.9. The average molecular weight is 263 g/mol. The highest BCUT2D eigenvalue weighted by Gasteiger charge is 2.16. The summed E-state index contributed by atoms with van der Waals surface area (Å²) in [6.07, 6.45) is 0. The summed E-state index contributed by atoms with van der Waals surface area (Å²) in [7, 11) is 3.37. The lowest BCUT2D eigenvalue weighted by molar-refractivity contribution is 0.0228. The maximum atomic E-state index is 5.81. The molecule has 4 nitrogen and oxygen atoms in total. The third kappa shape index (κ3) is 3.28. The van der Waals surface area contributed by atoms with Crippen LogP contribution in [0.25, 0.3) is 11.0 Å². The van der Waals surface area contributed by atoms with Gasteiger partial charge in [0.2, 0.25) is 0 Å². The second-order valence-electron chi connectivity index (χ2n) is 5.16. The average Bonchev–Trinajstić information content (AvgIpc) is 2.81. The third-order valence-corrected chi connectivity index (χ3v) is 3.18. The number of hydrogen-bond donors (Lipinski definition) is 1. The molecule has 1 aromatic carbocycles. The van der Waals surface area contributed by atoms with Crippen molar-refractivity contribution in [2.75, 3.05) is 20.8 Å². The summed E-state index contributed by atoms with van der Waals surface area (Å²) >= 11 is 0. The van der Waals surface area contributed by atoms with Crippen molar-refractivity contribution in [2.24, 2.45) is 0 Å². The van der Waals surface area contributed by atoms with Crippen LogP contribution in [0.3, 0.4) is 0 Å². The molecule has 104 valence electrons. The molecule has 0 aliphatic rings. The van der Waals surface area contributed by atoms with Crippen LogP contribution in [0.5, 0.6) is 5.75 Å². The minimum Gasteiger partial charge on any atom is -0.493 e. The molecule has 0 amide bonds. The molecular weight excluding hydrogens is 242 g/mol. The summed E-state index contributed by atoms with van der Waals surface area (Å²) in [5.74, 6) is 1.66. The number of furan rings is 1. The Balaban J connectivity index is 2.06. The zero-order valence-corrected chi connectivity index (χ0v) is 11.9. The van der Waals surface area contributed by atoms with Crippen LogP contribution in [0, 0.1) is 0 Å². The fourth-order valence-corrected chi connectivity index (χ4v) is 1.90. The van der Waals surface area contributed by atoms with E-state index in [-0.39, 0.29) is 5.60 Å². The van der Waals surface area contributed by atoms with Gasteiger partial charge in [0.15, 0.2) is 11.3 Å². The first-order valence-corrected chi connectivity index (χ1v) is 6.37. The van der Waals surface area contributed by atoms with Crippen LogP contribution in [0.4, 0.5) is 0 Å². The summed E-state index contributed by atoms with van der Waals surface area (Å²) in [6.45, 7) is 5.52. The van der Waals surface area contributed by atoms with Crippen LogP contribution in [-0.2, 0) is 11.3 Å². The molecule has 0 saturated heterocycles. The van der Waals surface area contributed by atoms with Crippen molar-refractivity contribution >= 4 is 11.0 Å². The summed E-state index contributed by atoms with van der Waals surface area (Å²) in [5, 5.41) is 4.39. The molecule has 0 aliphatic heterocycles. The number of methoxy groups -OCH3 is 2. The van der Waals surface area contributed by atoms with Crippen molar-refractivity contribution in [1.29, 1.82) is 0 Å². The Kier molecular flexibility index (Phi) is 4.12. The number of para-hydroxylation sites is 1. The molecule has 1 heterocycles. The van der Waals surface area contributed by atoms with Gasteiger partial charge in [0.25, 0.3) is 0 Å². The van der Waals surface area contributed by atoms with Gasteiger partial charge in [0.1, 0.15) is 5.76 Å². The molecule has 2 aromatic rings. The van der Waals surface area contributed by atoms with Gasteiger partial charge in [-0.3, -0.25) is 0 Å². The van der Waals surface area contributed by atoms with Crippen molar-refractivity contribution < 1.29 is 13.9 Å². The molecule has 2 rings (SSSR count). The fourth-order valence-electron chi connectivity index (χ4n) is 1.90. The van der Waals surface area contributed by atoms with Crippen molar-refractivity contribution in [2.45, 2.75) is 26.0 Å². The molecule has 0 spiro atoms. The Bertz CT molecular complexity index is 545. The van der Waals surface area contributed by atoms with Crippen LogP contribution in [0.2, 0.25) is 0 Å². The van der Waals surface area contributed by atoms with Gasteiger partial charge < -0.3 is 19.2 Å². The van der Waals surface area contributed by atoms with Gasteiger partial charge >= 0.3 is 0 Å². The molecular formula is C15H21NO3. The highest BCUT2D eigenvalue weighted by Crippen LogP contribution is 2.28. The van der Waals surface area contributed by atoms with E-state index < -0.39 is 0 Å². The monoisotopic (exact) mass is 263 g/mol. The lowest BCUT2D eigenvalue weighted by atomic mass is 10.1. The van der Waals surface area contributed by atoms with Crippen LogP contribution in [0.15, 0.2) is 28.7 Å². The van der Waals surface area contributed by atoms with E-state index in [1.165, 1.54) is 0 Å². The number of benzene rings is 1. The molecule has 0 fully saturated rings. The van der Waals surface area contributed by atoms with E-state index in [1.807, 2.05) is 38.1 Å². The Morgan fingerprint density at radius 2 is 2.05 bits per heavy atom. The predicted molar refractivity (Wildman–Crippen MR) is 75.6 cm³/mol. The van der Waals surface area contributed by atoms with Crippen LogP contribution < -0.4 is 10.1 Å². The van der Waals surface area contributed by atoms with Crippen LogP contribution >= 0.6 is 0 Å². The van der Waals surface area contributed by atoms with E-state index in [9.17, 15) is 0 Å². The minimum atomic E-state index is -0.177. The van der Waals surface area contributed by atoms with Crippen molar-refractivity contribution in [3.63, 3.8) is 0 Å². The molecule has 0 bridgehead atoms. The maximum Gasteiger partial charge on any atom is 0.176 e. The fraction of sp³-hybridized carbons (Fsp3) is 0.467. The largest absolute Gasteiger partial charge is 0.493 e. The SMILES string of the molecule is COc1cccc2cc(CNCC(C)(C)OC)oc12. The Morgan fingerprint density at radius 3 is 2.74 bits per heavy atom. The first-order chi connectivity index (χ1) is 9.05. The van der Waals surface area contributed by atoms with E-state index in [2.05, 4.69) is 5.32 Å². The molecule has 19 heavy (non-hydrogen) atoms. The lowest BCUT2D eigenvalue weighted by Crippen LogP contribution is -2.36. The molecule has 1 N–H and O–H groups in total. The summed E-state index contributed by atoms with van der Waals surface area (Å²) in [6, 6.07) is 7.91. The van der Waals surface area contributed by atoms with Crippen LogP contribution in [0.1, 0.15) is 19.6 Å². The van der Waals surface area contributed by atoms with E-state index in [0.717, 1.165) is 29.0 Å². The molecule has 4 heteroatoms.